The molecule has 96 valence electrons. The molecule has 0 saturated heterocycles. The molecule has 0 spiro atoms. The quantitative estimate of drug-likeness (QED) is 0.459. The third-order valence-corrected chi connectivity index (χ3v) is 5.19. The van der Waals surface area contributed by atoms with Crippen LogP contribution in [0.4, 0.5) is 18.9 Å². The summed E-state index contributed by atoms with van der Waals surface area (Å²) in [6.07, 6.45) is -4.65. The third-order valence-electron chi connectivity index (χ3n) is 2.01. The Balaban J connectivity index is 2.89. The number of alkyl halides is 3. The molecule has 0 N–H and O–H groups in total. The van der Waals surface area contributed by atoms with E-state index >= 15 is 0 Å². The molecule has 0 amide bonds. The highest BCUT2D eigenvalue weighted by molar-refractivity contribution is 7.65. The van der Waals surface area contributed by atoms with Crippen molar-refractivity contribution in [2.75, 3.05) is 0 Å². The van der Waals surface area contributed by atoms with Gasteiger partial charge in [0.25, 0.3) is 5.69 Å². The van der Waals surface area contributed by atoms with Crippen LogP contribution in [0.1, 0.15) is 5.56 Å². The van der Waals surface area contributed by atoms with Gasteiger partial charge in [0.1, 0.15) is 16.0 Å². The van der Waals surface area contributed by atoms with Crippen LogP contribution < -0.4 is 0 Å². The molecule has 0 radical (unpaired) electrons. The van der Waals surface area contributed by atoms with E-state index in [1.807, 2.05) is 0 Å². The van der Waals surface area contributed by atoms with Gasteiger partial charge >= 0.3 is 6.18 Å². The minimum Gasteiger partial charge on any atom is -0.258 e. The van der Waals surface area contributed by atoms with E-state index in [2.05, 4.69) is 0 Å². The number of non-ortho nitro benzene ring substituents is 1. The first-order chi connectivity index (χ1) is 8.32. The van der Waals surface area contributed by atoms with Crippen LogP contribution >= 0.6 is 22.7 Å². The van der Waals surface area contributed by atoms with Crippen molar-refractivity contribution in [2.24, 2.45) is 0 Å². The van der Waals surface area contributed by atoms with Crippen LogP contribution in [-0.2, 0) is 17.4 Å². The Morgan fingerprint density at radius 1 is 1.28 bits per heavy atom. The number of halogens is 3. The van der Waals surface area contributed by atoms with Gasteiger partial charge in [0.05, 0.1) is 15.2 Å². The fourth-order valence-electron chi connectivity index (χ4n) is 1.29. The van der Waals surface area contributed by atoms with Crippen LogP contribution in [0.2, 0.25) is 0 Å². The van der Waals surface area contributed by atoms with Gasteiger partial charge in [-0.15, -0.1) is 22.7 Å². The zero-order chi connectivity index (χ0) is 13.5. The van der Waals surface area contributed by atoms with Crippen molar-refractivity contribution in [1.82, 2.24) is 0 Å². The molecule has 2 rings (SSSR count). The smallest absolute Gasteiger partial charge is 0.258 e. The van der Waals surface area contributed by atoms with Gasteiger partial charge in [-0.2, -0.15) is 13.2 Å². The largest absolute Gasteiger partial charge is 0.416 e. The number of hydrogen-bond acceptors (Lipinski definition) is 5. The lowest BCUT2D eigenvalue weighted by Crippen LogP contribution is -2.05. The number of benzene rings is 1. The molecule has 0 unspecified atom stereocenters. The Bertz CT molecular complexity index is 726. The number of hydrogen-bond donors (Lipinski definition) is 0. The molecule has 0 atom stereocenters. The molecular formula is C8H2F3NO3S3. The maximum Gasteiger partial charge on any atom is 0.416 e. The lowest BCUT2D eigenvalue weighted by Gasteiger charge is -2.06. The third kappa shape index (κ3) is 2.31. The van der Waals surface area contributed by atoms with E-state index in [1.54, 1.807) is 0 Å². The van der Waals surface area contributed by atoms with Crippen LogP contribution in [0.25, 0.3) is 9.40 Å². The molecule has 0 aliphatic rings. The Morgan fingerprint density at radius 2 is 1.94 bits per heavy atom. The predicted octanol–water partition coefficient (Wildman–Crippen LogP) is 3.63. The van der Waals surface area contributed by atoms with Gasteiger partial charge in [-0.05, 0) is 6.07 Å². The van der Waals surface area contributed by atoms with Crippen molar-refractivity contribution in [2.45, 2.75) is 6.18 Å². The Hall–Kier alpha value is -1.26. The molecule has 0 saturated carbocycles. The van der Waals surface area contributed by atoms with Crippen molar-refractivity contribution < 1.29 is 22.3 Å². The summed E-state index contributed by atoms with van der Waals surface area (Å²) < 4.78 is 48.7. The van der Waals surface area contributed by atoms with Crippen LogP contribution in [0, 0.1) is 13.3 Å². The average Bonchev–Trinajstić information content (AvgIpc) is 2.68. The van der Waals surface area contributed by atoms with Gasteiger partial charge in [-0.3, -0.25) is 10.1 Å². The summed E-state index contributed by atoms with van der Waals surface area (Å²) in [4.78, 5) is 9.88. The fraction of sp³-hybridized carbons (Fsp3) is 0.125. The lowest BCUT2D eigenvalue weighted by molar-refractivity contribution is -0.383. The second kappa shape index (κ2) is 4.44. The average molecular weight is 313 g/mol. The van der Waals surface area contributed by atoms with Crippen molar-refractivity contribution in [1.29, 1.82) is 0 Å². The fourth-order valence-corrected chi connectivity index (χ4v) is 4.15. The van der Waals surface area contributed by atoms with Gasteiger partial charge in [-0.1, -0.05) is 0 Å². The zero-order valence-corrected chi connectivity index (χ0v) is 10.6. The van der Waals surface area contributed by atoms with Crippen molar-refractivity contribution in [3.05, 3.63) is 30.9 Å². The zero-order valence-electron chi connectivity index (χ0n) is 8.19. The summed E-state index contributed by atoms with van der Waals surface area (Å²) in [5.74, 6) is 0. The van der Waals surface area contributed by atoms with E-state index in [0.29, 0.717) is 6.07 Å². The second-order valence-electron chi connectivity index (χ2n) is 3.11. The number of nitro groups is 1. The molecule has 4 nitrogen and oxygen atoms in total. The number of rotatable bonds is 1. The molecule has 0 aliphatic carbocycles. The first kappa shape index (κ1) is 13.2. The Morgan fingerprint density at radius 3 is 2.44 bits per heavy atom. The Kier molecular flexibility index (Phi) is 3.25. The maximum absolute atomic E-state index is 12.6. The van der Waals surface area contributed by atoms with E-state index < -0.39 is 22.4 Å². The van der Waals surface area contributed by atoms with E-state index in [9.17, 15) is 27.5 Å². The topological polar surface area (TPSA) is 60.2 Å². The standard InChI is InChI=1S/C8H2F3NO3S3/c9-8(10,11)3-1-4(12(13)14)6-5(2-3)16-7(17-6)18-15/h1-2H. The Labute approximate surface area is 109 Å². The van der Waals surface area contributed by atoms with Crippen molar-refractivity contribution in [3.8, 4) is 0 Å². The summed E-state index contributed by atoms with van der Waals surface area (Å²) in [5.41, 5.74) is -1.71. The second-order valence-corrected chi connectivity index (χ2v) is 6.54. The lowest BCUT2D eigenvalue weighted by atomic mass is 10.2. The van der Waals surface area contributed by atoms with Gasteiger partial charge in [-0.25, -0.2) is 4.21 Å². The molecule has 1 heterocycles. The summed E-state index contributed by atoms with van der Waals surface area (Å²) in [7, 11) is 0. The van der Waals surface area contributed by atoms with Gasteiger partial charge in [0.2, 0.25) is 0 Å². The molecule has 2 aromatic rings. The van der Waals surface area contributed by atoms with Gasteiger partial charge in [0, 0.05) is 6.07 Å². The first-order valence-corrected chi connectivity index (χ1v) is 6.62. The summed E-state index contributed by atoms with van der Waals surface area (Å²) in [5, 5.41) is 10.8. The van der Waals surface area contributed by atoms with Crippen molar-refractivity contribution in [3.63, 3.8) is 0 Å². The van der Waals surface area contributed by atoms with Crippen molar-refractivity contribution >= 4 is 49.0 Å². The molecule has 0 aliphatic heterocycles. The number of fused-ring (bicyclic) bond motifs is 1. The van der Waals surface area contributed by atoms with E-state index in [-0.39, 0.29) is 23.8 Å². The van der Waals surface area contributed by atoms with Gasteiger partial charge in [0.15, 0.2) is 3.14 Å². The molecule has 10 heteroatoms. The van der Waals surface area contributed by atoms with Crippen LogP contribution in [0.3, 0.4) is 0 Å². The van der Waals surface area contributed by atoms with E-state index in [1.165, 1.54) is 0 Å². The molecule has 1 aromatic carbocycles. The van der Waals surface area contributed by atoms with E-state index in [0.717, 1.165) is 28.7 Å². The van der Waals surface area contributed by atoms with Crippen LogP contribution in [0.15, 0.2) is 12.1 Å². The molecule has 18 heavy (non-hydrogen) atoms. The summed E-state index contributed by atoms with van der Waals surface area (Å²) in [6.45, 7) is 0. The first-order valence-electron chi connectivity index (χ1n) is 4.25. The molecular weight excluding hydrogens is 311 g/mol. The number of nitrogens with zero attached hydrogens (tertiary/aromatic N) is 1. The normalized spacial score (nSPS) is 11.7. The molecule has 1 aromatic heterocycles. The highest BCUT2D eigenvalue weighted by atomic mass is 32.2. The van der Waals surface area contributed by atoms with Crippen LogP contribution in [0.5, 0.6) is 0 Å². The summed E-state index contributed by atoms with van der Waals surface area (Å²) >= 11 is 1.77. The van der Waals surface area contributed by atoms with E-state index in [4.69, 9.17) is 0 Å². The minimum absolute atomic E-state index is 0.0938. The van der Waals surface area contributed by atoms with Gasteiger partial charge < -0.3 is 0 Å². The highest BCUT2D eigenvalue weighted by Crippen LogP contribution is 2.40. The summed E-state index contributed by atoms with van der Waals surface area (Å²) in [6, 6.07) is 1.31. The number of nitro benzene ring substituents is 1. The molecule has 0 fully saturated rings. The monoisotopic (exact) mass is 313 g/mol. The molecule has 0 bridgehead atoms. The highest BCUT2D eigenvalue weighted by Gasteiger charge is 2.33. The maximum atomic E-state index is 12.6. The minimum atomic E-state index is -4.65. The predicted molar refractivity (Wildman–Crippen MR) is 62.7 cm³/mol. The van der Waals surface area contributed by atoms with Crippen LogP contribution in [-0.4, -0.2) is 9.13 Å². The SMILES string of the molecule is O=S=c1sc2cc(C(F)(F)F)cc([N+](=O)[O-])c2s1.